The normalized spacial score (nSPS) is 11.5. The quantitative estimate of drug-likeness (QED) is 0.278. The first-order valence-electron chi connectivity index (χ1n) is 10.2. The van der Waals surface area contributed by atoms with Crippen LogP contribution < -0.4 is 0 Å². The van der Waals surface area contributed by atoms with Gasteiger partial charge < -0.3 is 10.2 Å². The van der Waals surface area contributed by atoms with Crippen molar-refractivity contribution in [2.24, 2.45) is 0 Å². The molecule has 0 fully saturated rings. The molecule has 5 heteroatoms. The van der Waals surface area contributed by atoms with Crippen LogP contribution in [-0.2, 0) is 0 Å². The van der Waals surface area contributed by atoms with Crippen LogP contribution in [-0.4, -0.2) is 26.0 Å². The maximum atomic E-state index is 13.7. The summed E-state index contributed by atoms with van der Waals surface area (Å²) in [5.74, 6) is 0.166. The summed E-state index contributed by atoms with van der Waals surface area (Å²) in [5, 5.41) is 22.7. The predicted molar refractivity (Wildman–Crippen MR) is 125 cm³/mol. The number of pyridine rings is 2. The number of carbonyl (C=O) groups excluding carboxylic acids is 1. The minimum absolute atomic E-state index is 0.135. The molecule has 6 aromatic rings. The smallest absolute Gasteiger partial charge is 0.194 e. The molecule has 2 N–H and O–H groups in total. The molecule has 152 valence electrons. The van der Waals surface area contributed by atoms with Gasteiger partial charge in [0.25, 0.3) is 0 Å². The van der Waals surface area contributed by atoms with Gasteiger partial charge in [-0.2, -0.15) is 0 Å². The Bertz CT molecular complexity index is 1600. The summed E-state index contributed by atoms with van der Waals surface area (Å²) in [7, 11) is 0. The second kappa shape index (κ2) is 6.75. The van der Waals surface area contributed by atoms with Crippen molar-refractivity contribution in [3.05, 3.63) is 96.1 Å². The fraction of sp³-hybridized carbons (Fsp3) is 0. The van der Waals surface area contributed by atoms with Crippen LogP contribution in [0.3, 0.4) is 0 Å². The van der Waals surface area contributed by atoms with E-state index in [1.165, 1.54) is 0 Å². The first-order chi connectivity index (χ1) is 15.6. The van der Waals surface area contributed by atoms with Gasteiger partial charge in [-0.3, -0.25) is 4.79 Å². The van der Waals surface area contributed by atoms with Gasteiger partial charge >= 0.3 is 0 Å². The third-order valence-corrected chi connectivity index (χ3v) is 5.76. The van der Waals surface area contributed by atoms with Crippen molar-refractivity contribution in [3.63, 3.8) is 0 Å². The minimum atomic E-state index is -0.135. The molecule has 0 aliphatic heterocycles. The van der Waals surface area contributed by atoms with Crippen molar-refractivity contribution >= 4 is 49.4 Å². The topological polar surface area (TPSA) is 83.3 Å². The standard InChI is InChI=1S/C27H16N2O3/c30-17-7-9-23-15(11-17)13-21-19(3-1-5-25(21)28-23)27(32)20-4-2-6-26-22(20)14-16-12-18(31)8-10-24(16)29-26/h1-14,30-31H. The van der Waals surface area contributed by atoms with E-state index < -0.39 is 0 Å². The molecule has 0 saturated heterocycles. The third kappa shape index (κ3) is 2.83. The molecule has 0 unspecified atom stereocenters. The fourth-order valence-corrected chi connectivity index (χ4v) is 4.23. The molecule has 0 saturated carbocycles. The fourth-order valence-electron chi connectivity index (χ4n) is 4.23. The van der Waals surface area contributed by atoms with E-state index in [0.29, 0.717) is 22.2 Å². The van der Waals surface area contributed by atoms with Crippen LogP contribution in [0.1, 0.15) is 15.9 Å². The molecule has 0 bridgehead atoms. The van der Waals surface area contributed by atoms with E-state index in [2.05, 4.69) is 9.97 Å². The predicted octanol–water partition coefficient (Wildman–Crippen LogP) is 5.73. The lowest BCUT2D eigenvalue weighted by Gasteiger charge is -2.10. The Labute approximate surface area is 182 Å². The number of phenolic OH excluding ortho intramolecular Hbond substituents is 2. The monoisotopic (exact) mass is 416 g/mol. The van der Waals surface area contributed by atoms with Crippen molar-refractivity contribution in [2.75, 3.05) is 0 Å². The van der Waals surface area contributed by atoms with E-state index >= 15 is 0 Å². The zero-order chi connectivity index (χ0) is 21.8. The van der Waals surface area contributed by atoms with Gasteiger partial charge in [-0.15, -0.1) is 0 Å². The number of hydrogen-bond donors (Lipinski definition) is 2. The van der Waals surface area contributed by atoms with E-state index in [1.54, 1.807) is 48.5 Å². The van der Waals surface area contributed by atoms with Gasteiger partial charge in [0.1, 0.15) is 11.5 Å². The number of carbonyl (C=O) groups is 1. The van der Waals surface area contributed by atoms with E-state index in [0.717, 1.165) is 32.6 Å². The molecule has 0 aliphatic carbocycles. The molecule has 5 nitrogen and oxygen atoms in total. The summed E-state index contributed by atoms with van der Waals surface area (Å²) >= 11 is 0. The van der Waals surface area contributed by atoms with Gasteiger partial charge in [0, 0.05) is 32.7 Å². The highest BCUT2D eigenvalue weighted by molar-refractivity contribution is 6.22. The van der Waals surface area contributed by atoms with Crippen LogP contribution in [0.4, 0.5) is 0 Å². The van der Waals surface area contributed by atoms with Crippen LogP contribution in [0.25, 0.3) is 43.6 Å². The van der Waals surface area contributed by atoms with Crippen molar-refractivity contribution < 1.29 is 15.0 Å². The van der Waals surface area contributed by atoms with Crippen molar-refractivity contribution in [2.45, 2.75) is 0 Å². The van der Waals surface area contributed by atoms with Crippen LogP contribution in [0.15, 0.2) is 84.9 Å². The molecule has 2 heterocycles. The van der Waals surface area contributed by atoms with E-state index in [4.69, 9.17) is 0 Å². The maximum absolute atomic E-state index is 13.7. The highest BCUT2D eigenvalue weighted by Gasteiger charge is 2.17. The summed E-state index contributed by atoms with van der Waals surface area (Å²) in [6, 6.07) is 24.8. The van der Waals surface area contributed by atoms with Gasteiger partial charge in [0.15, 0.2) is 5.78 Å². The Morgan fingerprint density at radius 3 is 1.50 bits per heavy atom. The van der Waals surface area contributed by atoms with Crippen molar-refractivity contribution in [3.8, 4) is 11.5 Å². The molecular formula is C27H16N2O3. The lowest BCUT2D eigenvalue weighted by atomic mass is 9.95. The average molecular weight is 416 g/mol. The van der Waals surface area contributed by atoms with E-state index in [-0.39, 0.29) is 17.3 Å². The lowest BCUT2D eigenvalue weighted by molar-refractivity contribution is 0.104. The number of aromatic hydroxyl groups is 2. The van der Waals surface area contributed by atoms with Crippen LogP contribution in [0.5, 0.6) is 11.5 Å². The number of phenols is 2. The van der Waals surface area contributed by atoms with Gasteiger partial charge in [-0.05, 0) is 60.7 Å². The van der Waals surface area contributed by atoms with Crippen molar-refractivity contribution in [1.82, 2.24) is 9.97 Å². The first kappa shape index (κ1) is 18.3. The second-order valence-electron chi connectivity index (χ2n) is 7.80. The van der Waals surface area contributed by atoms with Crippen LogP contribution >= 0.6 is 0 Å². The van der Waals surface area contributed by atoms with E-state index in [1.807, 2.05) is 36.4 Å². The van der Waals surface area contributed by atoms with Gasteiger partial charge in [-0.25, -0.2) is 9.97 Å². The highest BCUT2D eigenvalue weighted by atomic mass is 16.3. The molecular weight excluding hydrogens is 400 g/mol. The van der Waals surface area contributed by atoms with Gasteiger partial charge in [0.2, 0.25) is 0 Å². The Kier molecular flexibility index (Phi) is 3.86. The largest absolute Gasteiger partial charge is 0.508 e. The average Bonchev–Trinajstić information content (AvgIpc) is 2.80. The summed E-state index contributed by atoms with van der Waals surface area (Å²) in [4.78, 5) is 23.1. The summed E-state index contributed by atoms with van der Waals surface area (Å²) in [5.41, 5.74) is 3.99. The zero-order valence-corrected chi connectivity index (χ0v) is 16.8. The SMILES string of the molecule is O=C(c1cccc2nc3ccc(O)cc3cc12)c1cccc2nc3ccc(O)cc3cc12. The molecule has 6 rings (SSSR count). The van der Waals surface area contributed by atoms with E-state index in [9.17, 15) is 15.0 Å². The Hall–Kier alpha value is -4.51. The molecule has 0 amide bonds. The number of fused-ring (bicyclic) bond motifs is 4. The molecule has 0 radical (unpaired) electrons. The van der Waals surface area contributed by atoms with Gasteiger partial charge in [-0.1, -0.05) is 24.3 Å². The number of aromatic nitrogens is 2. The van der Waals surface area contributed by atoms with Crippen LogP contribution in [0.2, 0.25) is 0 Å². The maximum Gasteiger partial charge on any atom is 0.194 e. The summed E-state index contributed by atoms with van der Waals surface area (Å²) in [6.07, 6.45) is 0. The zero-order valence-electron chi connectivity index (χ0n) is 16.8. The minimum Gasteiger partial charge on any atom is -0.508 e. The number of benzene rings is 4. The third-order valence-electron chi connectivity index (χ3n) is 5.76. The second-order valence-corrected chi connectivity index (χ2v) is 7.80. The molecule has 0 aliphatic rings. The molecule has 32 heavy (non-hydrogen) atoms. The molecule has 2 aromatic heterocycles. The number of nitrogens with zero attached hydrogens (tertiary/aromatic N) is 2. The summed E-state index contributed by atoms with van der Waals surface area (Å²) in [6.45, 7) is 0. The lowest BCUT2D eigenvalue weighted by Crippen LogP contribution is -2.04. The summed E-state index contributed by atoms with van der Waals surface area (Å²) < 4.78 is 0. The Morgan fingerprint density at radius 2 is 1.03 bits per heavy atom. The van der Waals surface area contributed by atoms with Gasteiger partial charge in [0.05, 0.1) is 22.1 Å². The number of ketones is 1. The van der Waals surface area contributed by atoms with Crippen LogP contribution in [0, 0.1) is 0 Å². The Morgan fingerprint density at radius 1 is 0.562 bits per heavy atom. The highest BCUT2D eigenvalue weighted by Crippen LogP contribution is 2.30. The Balaban J connectivity index is 1.60. The molecule has 4 aromatic carbocycles. The molecule has 0 atom stereocenters. The number of hydrogen-bond acceptors (Lipinski definition) is 5. The first-order valence-corrected chi connectivity index (χ1v) is 10.2. The molecule has 0 spiro atoms. The van der Waals surface area contributed by atoms with Crippen molar-refractivity contribution in [1.29, 1.82) is 0 Å². The number of rotatable bonds is 2.